The maximum atomic E-state index is 11.5. The largest absolute Gasteiger partial charge is 0.481 e. The van der Waals surface area contributed by atoms with E-state index in [4.69, 9.17) is 4.52 Å². The lowest BCUT2D eigenvalue weighted by Crippen LogP contribution is -2.32. The van der Waals surface area contributed by atoms with Gasteiger partial charge in [-0.3, -0.25) is 9.78 Å². The summed E-state index contributed by atoms with van der Waals surface area (Å²) in [6, 6.07) is 3.55. The molecule has 2 heterocycles. The summed E-state index contributed by atoms with van der Waals surface area (Å²) in [4.78, 5) is 19.7. The van der Waals surface area contributed by atoms with Crippen LogP contribution in [-0.2, 0) is 11.2 Å². The molecular formula is C14H17N3O3. The van der Waals surface area contributed by atoms with Crippen molar-refractivity contribution in [2.45, 2.75) is 33.1 Å². The molecule has 0 aromatic carbocycles. The van der Waals surface area contributed by atoms with E-state index in [0.717, 1.165) is 5.56 Å². The fourth-order valence-electron chi connectivity index (χ4n) is 2.11. The van der Waals surface area contributed by atoms with Gasteiger partial charge in [-0.2, -0.15) is 4.98 Å². The number of hydrogen-bond acceptors (Lipinski definition) is 5. The van der Waals surface area contributed by atoms with Crippen LogP contribution in [0.25, 0.3) is 11.4 Å². The van der Waals surface area contributed by atoms with Crippen LogP contribution in [0.4, 0.5) is 0 Å². The molecule has 106 valence electrons. The van der Waals surface area contributed by atoms with Gasteiger partial charge in [-0.25, -0.2) is 0 Å². The van der Waals surface area contributed by atoms with Crippen LogP contribution in [-0.4, -0.2) is 26.2 Å². The highest BCUT2D eigenvalue weighted by atomic mass is 16.5. The van der Waals surface area contributed by atoms with Gasteiger partial charge in [0.2, 0.25) is 11.7 Å². The van der Waals surface area contributed by atoms with Crippen molar-refractivity contribution in [3.8, 4) is 11.4 Å². The Hall–Kier alpha value is -2.24. The second-order valence-electron chi connectivity index (χ2n) is 4.72. The molecule has 0 amide bonds. The zero-order chi connectivity index (χ0) is 14.6. The molecule has 2 rings (SSSR count). The Morgan fingerprint density at radius 1 is 1.30 bits per heavy atom. The van der Waals surface area contributed by atoms with E-state index in [1.807, 2.05) is 13.8 Å². The highest BCUT2D eigenvalue weighted by molar-refractivity contribution is 5.74. The Morgan fingerprint density at radius 3 is 2.50 bits per heavy atom. The van der Waals surface area contributed by atoms with Crippen LogP contribution in [0.2, 0.25) is 0 Å². The molecule has 0 spiro atoms. The monoisotopic (exact) mass is 275 g/mol. The molecule has 0 aliphatic rings. The summed E-state index contributed by atoms with van der Waals surface area (Å²) >= 11 is 0. The normalized spacial score (nSPS) is 11.5. The van der Waals surface area contributed by atoms with Crippen molar-refractivity contribution in [1.29, 1.82) is 0 Å². The Balaban J connectivity index is 2.23. The molecule has 0 fully saturated rings. The van der Waals surface area contributed by atoms with Gasteiger partial charge in [0.1, 0.15) is 0 Å². The van der Waals surface area contributed by atoms with Crippen LogP contribution < -0.4 is 0 Å². The molecule has 1 N–H and O–H groups in total. The first kappa shape index (κ1) is 14.2. The average molecular weight is 275 g/mol. The van der Waals surface area contributed by atoms with Crippen LogP contribution in [0, 0.1) is 5.41 Å². The summed E-state index contributed by atoms with van der Waals surface area (Å²) in [5.41, 5.74) is -0.0499. The van der Waals surface area contributed by atoms with Crippen LogP contribution in [0.5, 0.6) is 0 Å². The van der Waals surface area contributed by atoms with Gasteiger partial charge in [0, 0.05) is 24.4 Å². The van der Waals surface area contributed by atoms with Gasteiger partial charge in [-0.1, -0.05) is 19.0 Å². The first-order valence-corrected chi connectivity index (χ1v) is 6.57. The molecule has 20 heavy (non-hydrogen) atoms. The fourth-order valence-corrected chi connectivity index (χ4v) is 2.11. The summed E-state index contributed by atoms with van der Waals surface area (Å²) in [5.74, 6) is -0.0250. The first-order valence-electron chi connectivity index (χ1n) is 6.57. The molecule has 0 saturated carbocycles. The minimum Gasteiger partial charge on any atom is -0.481 e. The van der Waals surface area contributed by atoms with Crippen molar-refractivity contribution in [2.75, 3.05) is 0 Å². The van der Waals surface area contributed by atoms with E-state index in [0.29, 0.717) is 24.6 Å². The number of aliphatic carboxylic acids is 1. The van der Waals surface area contributed by atoms with Crippen molar-refractivity contribution >= 4 is 5.97 Å². The third kappa shape index (κ3) is 2.68. The van der Waals surface area contributed by atoms with Crippen molar-refractivity contribution in [2.24, 2.45) is 5.41 Å². The summed E-state index contributed by atoms with van der Waals surface area (Å²) in [6.07, 6.45) is 4.57. The van der Waals surface area contributed by atoms with Crippen molar-refractivity contribution in [3.05, 3.63) is 30.4 Å². The minimum absolute atomic E-state index is 0.243. The van der Waals surface area contributed by atoms with Crippen molar-refractivity contribution < 1.29 is 14.4 Å². The summed E-state index contributed by atoms with van der Waals surface area (Å²) in [5, 5.41) is 13.3. The van der Waals surface area contributed by atoms with Gasteiger partial charge in [0.15, 0.2) is 0 Å². The number of carboxylic acids is 1. The molecule has 2 aromatic heterocycles. The molecular weight excluding hydrogens is 258 g/mol. The molecule has 6 nitrogen and oxygen atoms in total. The Labute approximate surface area is 116 Å². The van der Waals surface area contributed by atoms with E-state index in [2.05, 4.69) is 15.1 Å². The molecule has 2 aromatic rings. The SMILES string of the molecule is CCC(CC)(Cc1nc(-c2ccncc2)no1)C(=O)O. The number of carboxylic acid groups (broad SMARTS) is 1. The Morgan fingerprint density at radius 2 is 1.95 bits per heavy atom. The predicted molar refractivity (Wildman–Crippen MR) is 71.9 cm³/mol. The second-order valence-corrected chi connectivity index (χ2v) is 4.72. The summed E-state index contributed by atoms with van der Waals surface area (Å²) < 4.78 is 5.18. The van der Waals surface area contributed by atoms with E-state index < -0.39 is 11.4 Å². The van der Waals surface area contributed by atoms with Gasteiger partial charge >= 0.3 is 5.97 Å². The van der Waals surface area contributed by atoms with E-state index >= 15 is 0 Å². The number of pyridine rings is 1. The number of nitrogens with zero attached hydrogens (tertiary/aromatic N) is 3. The zero-order valence-corrected chi connectivity index (χ0v) is 11.5. The second kappa shape index (κ2) is 5.81. The summed E-state index contributed by atoms with van der Waals surface area (Å²) in [7, 11) is 0. The standard InChI is InChI=1S/C14H17N3O3/c1-3-14(4-2,13(18)19)9-11-16-12(17-20-11)10-5-7-15-8-6-10/h5-8H,3-4,9H2,1-2H3,(H,18,19). The zero-order valence-electron chi connectivity index (χ0n) is 11.5. The summed E-state index contributed by atoms with van der Waals surface area (Å²) in [6.45, 7) is 3.72. The molecule has 0 saturated heterocycles. The topological polar surface area (TPSA) is 89.1 Å². The van der Waals surface area contributed by atoms with Crippen LogP contribution in [0.1, 0.15) is 32.6 Å². The maximum absolute atomic E-state index is 11.5. The van der Waals surface area contributed by atoms with Gasteiger partial charge in [-0.15, -0.1) is 0 Å². The first-order chi connectivity index (χ1) is 9.61. The van der Waals surface area contributed by atoms with Gasteiger partial charge in [-0.05, 0) is 25.0 Å². The van der Waals surface area contributed by atoms with E-state index in [1.54, 1.807) is 24.5 Å². The highest BCUT2D eigenvalue weighted by Crippen LogP contribution is 2.31. The smallest absolute Gasteiger partial charge is 0.310 e. The van der Waals surface area contributed by atoms with Crippen LogP contribution in [0.3, 0.4) is 0 Å². The maximum Gasteiger partial charge on any atom is 0.310 e. The number of aromatic nitrogens is 3. The van der Waals surface area contributed by atoms with Gasteiger partial charge < -0.3 is 9.63 Å². The molecule has 0 atom stereocenters. The van der Waals surface area contributed by atoms with Crippen LogP contribution in [0.15, 0.2) is 29.0 Å². The number of hydrogen-bond donors (Lipinski definition) is 1. The van der Waals surface area contributed by atoms with Crippen molar-refractivity contribution in [3.63, 3.8) is 0 Å². The molecule has 0 aliphatic heterocycles. The lowest BCUT2D eigenvalue weighted by molar-refractivity contribution is -0.149. The molecule has 0 radical (unpaired) electrons. The third-order valence-corrected chi connectivity index (χ3v) is 3.70. The molecule has 0 unspecified atom stereocenters. The van der Waals surface area contributed by atoms with Crippen molar-refractivity contribution in [1.82, 2.24) is 15.1 Å². The van der Waals surface area contributed by atoms with Gasteiger partial charge in [0.05, 0.1) is 5.41 Å². The lowest BCUT2D eigenvalue weighted by atomic mass is 9.79. The van der Waals surface area contributed by atoms with Gasteiger partial charge in [0.25, 0.3) is 0 Å². The van der Waals surface area contributed by atoms with Crippen LogP contribution >= 0.6 is 0 Å². The quantitative estimate of drug-likeness (QED) is 0.871. The Kier molecular flexibility index (Phi) is 4.12. The van der Waals surface area contributed by atoms with E-state index in [1.165, 1.54) is 0 Å². The average Bonchev–Trinajstić information content (AvgIpc) is 2.94. The molecule has 0 aliphatic carbocycles. The third-order valence-electron chi connectivity index (χ3n) is 3.70. The van der Waals surface area contributed by atoms with E-state index in [9.17, 15) is 9.90 Å². The lowest BCUT2D eigenvalue weighted by Gasteiger charge is -2.24. The van der Waals surface area contributed by atoms with E-state index in [-0.39, 0.29) is 6.42 Å². The Bertz CT molecular complexity index is 576. The number of carbonyl (C=O) groups is 1. The number of rotatable bonds is 6. The molecule has 6 heteroatoms. The highest BCUT2D eigenvalue weighted by Gasteiger charge is 2.37. The fraction of sp³-hybridized carbons (Fsp3) is 0.429. The minimum atomic E-state index is -0.845. The predicted octanol–water partition coefficient (Wildman–Crippen LogP) is 2.57. The molecule has 0 bridgehead atoms.